The summed E-state index contributed by atoms with van der Waals surface area (Å²) in [5, 5.41) is 9.37. The van der Waals surface area contributed by atoms with Gasteiger partial charge < -0.3 is 10.1 Å². The highest BCUT2D eigenvalue weighted by Gasteiger charge is 2.09. The molecule has 0 atom stereocenters. The zero-order chi connectivity index (χ0) is 10.6. The summed E-state index contributed by atoms with van der Waals surface area (Å²) in [5.41, 5.74) is 0.869. The van der Waals surface area contributed by atoms with Crippen LogP contribution in [0.5, 0.6) is 0 Å². The fourth-order valence-electron chi connectivity index (χ4n) is 1.13. The van der Waals surface area contributed by atoms with Gasteiger partial charge in [-0.1, -0.05) is 13.8 Å². The highest BCUT2D eigenvalue weighted by Crippen LogP contribution is 2.14. The van der Waals surface area contributed by atoms with Gasteiger partial charge in [-0.05, 0) is 12.1 Å². The lowest BCUT2D eigenvalue weighted by Gasteiger charge is -1.88. The molecule has 0 saturated heterocycles. The Bertz CT molecular complexity index is 434. The topological polar surface area (TPSA) is 66.0 Å². The number of rotatable bonds is 1. The van der Waals surface area contributed by atoms with Crippen LogP contribution in [-0.2, 0) is 0 Å². The Balaban J connectivity index is 0.000000461. The second-order valence-corrected chi connectivity index (χ2v) is 2.41. The van der Waals surface area contributed by atoms with Crippen molar-refractivity contribution in [3.63, 3.8) is 0 Å². The Hall–Kier alpha value is -1.84. The van der Waals surface area contributed by atoms with E-state index in [0.717, 1.165) is 0 Å². The maximum Gasteiger partial charge on any atom is 0.337 e. The molecule has 0 unspecified atom stereocenters. The maximum absolute atomic E-state index is 10.6. The summed E-state index contributed by atoms with van der Waals surface area (Å²) in [6.07, 6.45) is 3.06. The Morgan fingerprint density at radius 2 is 2.21 bits per heavy atom. The smallest absolute Gasteiger partial charge is 0.337 e. The van der Waals surface area contributed by atoms with Crippen molar-refractivity contribution in [3.05, 3.63) is 30.1 Å². The monoisotopic (exact) mass is 192 g/mol. The molecule has 0 aliphatic rings. The van der Waals surface area contributed by atoms with Crippen molar-refractivity contribution in [1.82, 2.24) is 9.97 Å². The predicted molar refractivity (Wildman–Crippen MR) is 54.4 cm³/mol. The number of carboxylic acid groups (broad SMARTS) is 1. The molecule has 14 heavy (non-hydrogen) atoms. The molecule has 2 aromatic rings. The number of aromatic nitrogens is 2. The number of aromatic carboxylic acids is 1. The van der Waals surface area contributed by atoms with Gasteiger partial charge in [-0.25, -0.2) is 9.78 Å². The Kier molecular flexibility index (Phi) is 3.23. The van der Waals surface area contributed by atoms with E-state index in [2.05, 4.69) is 9.97 Å². The zero-order valence-corrected chi connectivity index (χ0v) is 8.11. The third kappa shape index (κ3) is 1.74. The van der Waals surface area contributed by atoms with Crippen molar-refractivity contribution >= 4 is 17.0 Å². The summed E-state index contributed by atoms with van der Waals surface area (Å²) in [6.45, 7) is 4.00. The predicted octanol–water partition coefficient (Wildman–Crippen LogP) is 2.29. The van der Waals surface area contributed by atoms with Crippen LogP contribution >= 0.6 is 0 Å². The van der Waals surface area contributed by atoms with E-state index in [1.807, 2.05) is 13.8 Å². The maximum atomic E-state index is 10.6. The van der Waals surface area contributed by atoms with Crippen LogP contribution in [0.4, 0.5) is 0 Å². The average molecular weight is 192 g/mol. The summed E-state index contributed by atoms with van der Waals surface area (Å²) in [7, 11) is 0. The molecule has 0 aromatic carbocycles. The van der Waals surface area contributed by atoms with Gasteiger partial charge in [0.25, 0.3) is 0 Å². The molecule has 0 amide bonds. The molecule has 2 heterocycles. The van der Waals surface area contributed by atoms with Crippen LogP contribution in [0, 0.1) is 0 Å². The number of fused-ring (bicyclic) bond motifs is 1. The Morgan fingerprint density at radius 3 is 2.86 bits per heavy atom. The normalized spacial score (nSPS) is 9.29. The highest BCUT2D eigenvalue weighted by atomic mass is 16.4. The van der Waals surface area contributed by atoms with Gasteiger partial charge in [-0.2, -0.15) is 0 Å². The SMILES string of the molecule is CC.O=C(O)c1c[nH]c2ncccc12. The Morgan fingerprint density at radius 1 is 1.50 bits per heavy atom. The first-order chi connectivity index (χ1) is 6.79. The second kappa shape index (κ2) is 4.41. The van der Waals surface area contributed by atoms with E-state index in [1.165, 1.54) is 6.20 Å². The fraction of sp³-hybridized carbons (Fsp3) is 0.200. The third-order valence-corrected chi connectivity index (χ3v) is 1.68. The minimum atomic E-state index is -0.936. The van der Waals surface area contributed by atoms with Crippen LogP contribution in [0.1, 0.15) is 24.2 Å². The largest absolute Gasteiger partial charge is 0.478 e. The van der Waals surface area contributed by atoms with Gasteiger partial charge in [0.15, 0.2) is 0 Å². The van der Waals surface area contributed by atoms with Gasteiger partial charge in [0.05, 0.1) is 5.56 Å². The first kappa shape index (κ1) is 10.2. The van der Waals surface area contributed by atoms with Crippen molar-refractivity contribution in [2.75, 3.05) is 0 Å². The van der Waals surface area contributed by atoms with Crippen molar-refractivity contribution in [1.29, 1.82) is 0 Å². The summed E-state index contributed by atoms with van der Waals surface area (Å²) in [5.74, 6) is -0.936. The number of aromatic amines is 1. The lowest BCUT2D eigenvalue weighted by Crippen LogP contribution is -1.93. The van der Waals surface area contributed by atoms with Gasteiger partial charge >= 0.3 is 5.97 Å². The van der Waals surface area contributed by atoms with Crippen molar-refractivity contribution in [2.24, 2.45) is 0 Å². The van der Waals surface area contributed by atoms with Gasteiger partial charge in [0, 0.05) is 17.8 Å². The third-order valence-electron chi connectivity index (χ3n) is 1.68. The molecule has 2 N–H and O–H groups in total. The zero-order valence-electron chi connectivity index (χ0n) is 8.11. The molecular formula is C10H12N2O2. The number of hydrogen-bond acceptors (Lipinski definition) is 2. The number of carboxylic acids is 1. The molecule has 0 bridgehead atoms. The van der Waals surface area contributed by atoms with Crippen molar-refractivity contribution in [2.45, 2.75) is 13.8 Å². The number of hydrogen-bond donors (Lipinski definition) is 2. The molecule has 0 spiro atoms. The number of carbonyl (C=O) groups is 1. The van der Waals surface area contributed by atoms with E-state index >= 15 is 0 Å². The molecule has 2 aromatic heterocycles. The van der Waals surface area contributed by atoms with E-state index in [0.29, 0.717) is 11.0 Å². The summed E-state index contributed by atoms with van der Waals surface area (Å²) in [6, 6.07) is 3.44. The van der Waals surface area contributed by atoms with E-state index < -0.39 is 5.97 Å². The highest BCUT2D eigenvalue weighted by molar-refractivity contribution is 6.01. The number of nitrogens with one attached hydrogen (secondary N) is 1. The molecule has 0 aliphatic heterocycles. The van der Waals surface area contributed by atoms with Gasteiger partial charge in [-0.3, -0.25) is 0 Å². The van der Waals surface area contributed by atoms with Crippen LogP contribution in [0.3, 0.4) is 0 Å². The lowest BCUT2D eigenvalue weighted by atomic mass is 10.2. The minimum Gasteiger partial charge on any atom is -0.478 e. The second-order valence-electron chi connectivity index (χ2n) is 2.41. The average Bonchev–Trinajstić information content (AvgIpc) is 2.64. The number of nitrogens with zero attached hydrogens (tertiary/aromatic N) is 1. The van der Waals surface area contributed by atoms with Gasteiger partial charge in [-0.15, -0.1) is 0 Å². The molecule has 0 fully saturated rings. The van der Waals surface area contributed by atoms with Gasteiger partial charge in [0.2, 0.25) is 0 Å². The summed E-state index contributed by atoms with van der Waals surface area (Å²) < 4.78 is 0. The van der Waals surface area contributed by atoms with Crippen molar-refractivity contribution < 1.29 is 9.90 Å². The molecule has 0 aliphatic carbocycles. The molecule has 0 radical (unpaired) electrons. The first-order valence-corrected chi connectivity index (χ1v) is 4.44. The minimum absolute atomic E-state index is 0.262. The van der Waals surface area contributed by atoms with Crippen LogP contribution in [-0.4, -0.2) is 21.0 Å². The van der Waals surface area contributed by atoms with E-state index in [1.54, 1.807) is 18.3 Å². The lowest BCUT2D eigenvalue weighted by molar-refractivity contribution is 0.0699. The van der Waals surface area contributed by atoms with E-state index in [4.69, 9.17) is 5.11 Å². The first-order valence-electron chi connectivity index (χ1n) is 4.44. The number of H-pyrrole nitrogens is 1. The van der Waals surface area contributed by atoms with Crippen LogP contribution in [0.2, 0.25) is 0 Å². The van der Waals surface area contributed by atoms with E-state index in [-0.39, 0.29) is 5.56 Å². The van der Waals surface area contributed by atoms with Crippen LogP contribution in [0.25, 0.3) is 11.0 Å². The van der Waals surface area contributed by atoms with Gasteiger partial charge in [0.1, 0.15) is 5.65 Å². The molecule has 0 saturated carbocycles. The fourth-order valence-corrected chi connectivity index (χ4v) is 1.13. The van der Waals surface area contributed by atoms with E-state index in [9.17, 15) is 4.79 Å². The molecular weight excluding hydrogens is 180 g/mol. The quantitative estimate of drug-likeness (QED) is 0.728. The van der Waals surface area contributed by atoms with Crippen LogP contribution < -0.4 is 0 Å². The Labute approximate surface area is 81.6 Å². The summed E-state index contributed by atoms with van der Waals surface area (Å²) in [4.78, 5) is 17.4. The molecule has 4 heteroatoms. The van der Waals surface area contributed by atoms with Crippen molar-refractivity contribution in [3.8, 4) is 0 Å². The van der Waals surface area contributed by atoms with Crippen LogP contribution in [0.15, 0.2) is 24.5 Å². The standard InChI is InChI=1S/C8H6N2O2.C2H6/c11-8(12)6-4-10-7-5(6)2-1-3-9-7;1-2/h1-4H,(H,9,10)(H,11,12);1-2H3. The molecule has 2 rings (SSSR count). The number of pyridine rings is 1. The molecule has 4 nitrogen and oxygen atoms in total. The molecule has 74 valence electrons. The summed E-state index contributed by atoms with van der Waals surface area (Å²) >= 11 is 0.